The summed E-state index contributed by atoms with van der Waals surface area (Å²) in [7, 11) is 1.48. The molecule has 0 aliphatic rings. The van der Waals surface area contributed by atoms with Crippen LogP contribution in [0.4, 0.5) is 0 Å². The van der Waals surface area contributed by atoms with Crippen LogP contribution in [0.3, 0.4) is 0 Å². The Bertz CT molecular complexity index is 798. The molecule has 0 aromatic heterocycles. The quantitative estimate of drug-likeness (QED) is 0.711. The number of hydrogen-bond acceptors (Lipinski definition) is 4. The zero-order valence-corrected chi connectivity index (χ0v) is 15.7. The van der Waals surface area contributed by atoms with Crippen LogP contribution in [0.1, 0.15) is 15.9 Å². The fourth-order valence-corrected chi connectivity index (χ4v) is 2.80. The number of carbonyl (C=O) groups excluding carboxylic acids is 2. The smallest absolute Gasteiger partial charge is 0.255 e. The van der Waals surface area contributed by atoms with Gasteiger partial charge < -0.3 is 20.5 Å². The zero-order valence-electron chi connectivity index (χ0n) is 13.3. The predicted octanol–water partition coefficient (Wildman–Crippen LogP) is 2.91. The average molecular weight is 428 g/mol. The van der Waals surface area contributed by atoms with Crippen molar-refractivity contribution in [3.05, 3.63) is 57.0 Å². The molecule has 0 fully saturated rings. The van der Waals surface area contributed by atoms with E-state index in [-0.39, 0.29) is 19.1 Å². The number of benzene rings is 2. The van der Waals surface area contributed by atoms with Gasteiger partial charge in [0.05, 0.1) is 17.7 Å². The number of nitrogens with two attached hydrogens (primary N) is 1. The van der Waals surface area contributed by atoms with Gasteiger partial charge in [0.25, 0.3) is 11.8 Å². The van der Waals surface area contributed by atoms with Gasteiger partial charge in [-0.15, -0.1) is 0 Å². The van der Waals surface area contributed by atoms with E-state index >= 15 is 0 Å². The molecule has 2 aromatic carbocycles. The lowest BCUT2D eigenvalue weighted by Gasteiger charge is -2.12. The van der Waals surface area contributed by atoms with Crippen molar-refractivity contribution in [1.82, 2.24) is 5.32 Å². The van der Waals surface area contributed by atoms with Gasteiger partial charge in [-0.3, -0.25) is 9.59 Å². The second-order valence-corrected chi connectivity index (χ2v) is 6.37. The Morgan fingerprint density at radius 2 is 1.96 bits per heavy atom. The normalized spacial score (nSPS) is 10.2. The number of methoxy groups -OCH3 is 1. The maximum Gasteiger partial charge on any atom is 0.255 e. The molecule has 8 heteroatoms. The molecule has 6 nitrogen and oxygen atoms in total. The van der Waals surface area contributed by atoms with Gasteiger partial charge in [0.15, 0.2) is 18.1 Å². The van der Waals surface area contributed by atoms with E-state index in [1.807, 2.05) is 0 Å². The number of hydrogen-bond donors (Lipinski definition) is 2. The lowest BCUT2D eigenvalue weighted by Crippen LogP contribution is -2.23. The Hall–Kier alpha value is -2.25. The van der Waals surface area contributed by atoms with Gasteiger partial charge in [-0.1, -0.05) is 33.6 Å². The molecule has 0 aliphatic heterocycles. The molecule has 0 bridgehead atoms. The number of amides is 2. The standard InChI is InChI=1S/C17H16BrClN2O4/c1-24-15-6-10(2-5-14(15)25-9-16(20)22)8-21-17(23)12-4-3-11(18)7-13(12)19/h2-7H,8-9H2,1H3,(H2,20,22)(H,21,23). The van der Waals surface area contributed by atoms with Crippen molar-refractivity contribution < 1.29 is 19.1 Å². The van der Waals surface area contributed by atoms with E-state index in [1.54, 1.807) is 36.4 Å². The Kier molecular flexibility index (Phi) is 6.66. The summed E-state index contributed by atoms with van der Waals surface area (Å²) in [6, 6.07) is 10.2. The van der Waals surface area contributed by atoms with E-state index in [4.69, 9.17) is 26.8 Å². The van der Waals surface area contributed by atoms with Gasteiger partial charge in [-0.05, 0) is 35.9 Å². The highest BCUT2D eigenvalue weighted by Gasteiger charge is 2.12. The first-order chi connectivity index (χ1) is 11.9. The van der Waals surface area contributed by atoms with Gasteiger partial charge >= 0.3 is 0 Å². The first kappa shape index (κ1) is 19.1. The molecule has 0 atom stereocenters. The average Bonchev–Trinajstić information content (AvgIpc) is 2.58. The molecule has 2 rings (SSSR count). The van der Waals surface area contributed by atoms with Crippen molar-refractivity contribution in [2.75, 3.05) is 13.7 Å². The Labute approximate surface area is 158 Å². The minimum atomic E-state index is -0.579. The summed E-state index contributed by atoms with van der Waals surface area (Å²) >= 11 is 9.36. The molecule has 132 valence electrons. The number of halogens is 2. The number of primary amides is 1. The van der Waals surface area contributed by atoms with Gasteiger partial charge in [-0.25, -0.2) is 0 Å². The van der Waals surface area contributed by atoms with Gasteiger partial charge in [0, 0.05) is 11.0 Å². The van der Waals surface area contributed by atoms with E-state index in [0.717, 1.165) is 10.0 Å². The first-order valence-corrected chi connectivity index (χ1v) is 8.39. The molecule has 0 saturated carbocycles. The SMILES string of the molecule is COc1cc(CNC(=O)c2ccc(Br)cc2Cl)ccc1OCC(N)=O. The maximum absolute atomic E-state index is 12.2. The number of carbonyl (C=O) groups is 2. The van der Waals surface area contributed by atoms with E-state index in [1.165, 1.54) is 7.11 Å². The fraction of sp³-hybridized carbons (Fsp3) is 0.176. The van der Waals surface area contributed by atoms with E-state index in [0.29, 0.717) is 22.1 Å². The predicted molar refractivity (Wildman–Crippen MR) is 98.0 cm³/mol. The zero-order chi connectivity index (χ0) is 18.4. The van der Waals surface area contributed by atoms with Crippen molar-refractivity contribution in [2.45, 2.75) is 6.54 Å². The summed E-state index contributed by atoms with van der Waals surface area (Å²) in [4.78, 5) is 23.0. The highest BCUT2D eigenvalue weighted by Crippen LogP contribution is 2.28. The molecule has 2 amide bonds. The van der Waals surface area contributed by atoms with Crippen LogP contribution >= 0.6 is 27.5 Å². The summed E-state index contributed by atoms with van der Waals surface area (Å²) in [5.41, 5.74) is 6.24. The number of ether oxygens (including phenoxy) is 2. The summed E-state index contributed by atoms with van der Waals surface area (Å²) < 4.78 is 11.3. The third-order valence-electron chi connectivity index (χ3n) is 3.23. The molecule has 0 heterocycles. The van der Waals surface area contributed by atoms with E-state index < -0.39 is 5.91 Å². The van der Waals surface area contributed by atoms with Crippen molar-refractivity contribution in [3.8, 4) is 11.5 Å². The molecular weight excluding hydrogens is 412 g/mol. The third-order valence-corrected chi connectivity index (χ3v) is 4.03. The van der Waals surface area contributed by atoms with Crippen LogP contribution in [-0.2, 0) is 11.3 Å². The van der Waals surface area contributed by atoms with Gasteiger partial charge in [0.2, 0.25) is 0 Å². The summed E-state index contributed by atoms with van der Waals surface area (Å²) in [6.07, 6.45) is 0. The molecule has 0 unspecified atom stereocenters. The minimum Gasteiger partial charge on any atom is -0.493 e. The molecule has 0 spiro atoms. The molecule has 3 N–H and O–H groups in total. The van der Waals surface area contributed by atoms with Crippen LogP contribution in [-0.4, -0.2) is 25.5 Å². The summed E-state index contributed by atoms with van der Waals surface area (Å²) in [5, 5.41) is 3.15. The summed E-state index contributed by atoms with van der Waals surface area (Å²) in [5.74, 6) is -0.0303. The minimum absolute atomic E-state index is 0.242. The topological polar surface area (TPSA) is 90.7 Å². The first-order valence-electron chi connectivity index (χ1n) is 7.22. The van der Waals surface area contributed by atoms with Crippen LogP contribution in [0, 0.1) is 0 Å². The molecule has 25 heavy (non-hydrogen) atoms. The lowest BCUT2D eigenvalue weighted by atomic mass is 10.1. The fourth-order valence-electron chi connectivity index (χ4n) is 2.04. The molecule has 0 radical (unpaired) electrons. The van der Waals surface area contributed by atoms with Crippen molar-refractivity contribution >= 4 is 39.3 Å². The van der Waals surface area contributed by atoms with Gasteiger partial charge in [-0.2, -0.15) is 0 Å². The highest BCUT2D eigenvalue weighted by atomic mass is 79.9. The van der Waals surface area contributed by atoms with Crippen LogP contribution in [0.2, 0.25) is 5.02 Å². The number of rotatable bonds is 7. The Morgan fingerprint density at radius 3 is 2.60 bits per heavy atom. The van der Waals surface area contributed by atoms with E-state index in [9.17, 15) is 9.59 Å². The second-order valence-electron chi connectivity index (χ2n) is 5.05. The molecule has 2 aromatic rings. The van der Waals surface area contributed by atoms with Crippen molar-refractivity contribution in [2.24, 2.45) is 5.73 Å². The largest absolute Gasteiger partial charge is 0.493 e. The number of nitrogens with one attached hydrogen (secondary N) is 1. The molecule has 0 saturated heterocycles. The van der Waals surface area contributed by atoms with Crippen LogP contribution in [0.25, 0.3) is 0 Å². The van der Waals surface area contributed by atoms with Crippen LogP contribution in [0.15, 0.2) is 40.9 Å². The maximum atomic E-state index is 12.2. The molecular formula is C17H16BrClN2O4. The highest BCUT2D eigenvalue weighted by molar-refractivity contribution is 9.10. The van der Waals surface area contributed by atoms with Crippen molar-refractivity contribution in [3.63, 3.8) is 0 Å². The Balaban J connectivity index is 2.05. The Morgan fingerprint density at radius 1 is 1.20 bits per heavy atom. The third kappa shape index (κ3) is 5.37. The van der Waals surface area contributed by atoms with Crippen LogP contribution in [0.5, 0.6) is 11.5 Å². The molecule has 0 aliphatic carbocycles. The van der Waals surface area contributed by atoms with Gasteiger partial charge in [0.1, 0.15) is 0 Å². The van der Waals surface area contributed by atoms with E-state index in [2.05, 4.69) is 21.2 Å². The van der Waals surface area contributed by atoms with Crippen LogP contribution < -0.4 is 20.5 Å². The summed E-state index contributed by atoms with van der Waals surface area (Å²) in [6.45, 7) is 0.0339. The second kappa shape index (κ2) is 8.73. The lowest BCUT2D eigenvalue weighted by molar-refractivity contribution is -0.119. The monoisotopic (exact) mass is 426 g/mol. The van der Waals surface area contributed by atoms with Crippen molar-refractivity contribution in [1.29, 1.82) is 0 Å².